The van der Waals surface area contributed by atoms with Crippen LogP contribution < -0.4 is 24.8 Å². The van der Waals surface area contributed by atoms with Crippen molar-refractivity contribution >= 4 is 45.1 Å². The number of hydrogen-bond donors (Lipinski definition) is 0. The molecule has 0 fully saturated rings. The average molecular weight is 623 g/mol. The maximum absolute atomic E-state index is 4.77. The van der Waals surface area contributed by atoms with Crippen LogP contribution in [-0.2, 0) is 26.2 Å². The SMILES string of the molecule is CC1=C2C(=Nc3ccc[c-]c32)c2cc(C)ccc21.CC1=C2C(=Nc3ccc[c-]c32)c2cc(C)ccc21.[Cl-].[Cl-].[Zr+4]. The van der Waals surface area contributed by atoms with E-state index in [1.165, 1.54) is 55.7 Å². The smallest absolute Gasteiger partial charge is 1.00 e. The van der Waals surface area contributed by atoms with Crippen LogP contribution in [0, 0.1) is 26.0 Å². The minimum Gasteiger partial charge on any atom is -1.00 e. The zero-order valence-electron chi connectivity index (χ0n) is 22.1. The Kier molecular flexibility index (Phi) is 8.20. The Balaban J connectivity index is 0.000000168. The number of halogens is 2. The van der Waals surface area contributed by atoms with Crippen LogP contribution in [-0.4, -0.2) is 11.4 Å². The monoisotopic (exact) mass is 620 g/mol. The molecule has 8 rings (SSSR count). The Morgan fingerprint density at radius 2 is 0.949 bits per heavy atom. The zero-order chi connectivity index (χ0) is 24.6. The number of nitrogens with zero attached hydrogens (tertiary/aromatic N) is 2. The Hall–Kier alpha value is -2.84. The number of allylic oxidation sites excluding steroid dienone is 4. The van der Waals surface area contributed by atoms with Gasteiger partial charge in [0, 0.05) is 11.4 Å². The fraction of sp³-hybridized carbons (Fsp3) is 0.118. The van der Waals surface area contributed by atoms with Crippen molar-refractivity contribution in [3.63, 3.8) is 0 Å². The second kappa shape index (κ2) is 11.0. The number of aryl methyl sites for hydroxylation is 2. The van der Waals surface area contributed by atoms with Crippen molar-refractivity contribution in [2.45, 2.75) is 27.7 Å². The van der Waals surface area contributed by atoms with Gasteiger partial charge in [0.2, 0.25) is 0 Å². The molecule has 0 unspecified atom stereocenters. The van der Waals surface area contributed by atoms with Gasteiger partial charge in [0.05, 0.1) is 0 Å². The van der Waals surface area contributed by atoms with Crippen LogP contribution in [0.15, 0.2) is 82.8 Å². The van der Waals surface area contributed by atoms with Gasteiger partial charge in [-0.1, -0.05) is 69.8 Å². The molecule has 2 aliphatic carbocycles. The summed E-state index contributed by atoms with van der Waals surface area (Å²) in [7, 11) is 0. The van der Waals surface area contributed by atoms with Crippen molar-refractivity contribution in [3.05, 3.63) is 129 Å². The third kappa shape index (κ3) is 4.46. The summed E-state index contributed by atoms with van der Waals surface area (Å²) in [5.41, 5.74) is 19.6. The Bertz CT molecular complexity index is 1640. The molecule has 188 valence electrons. The van der Waals surface area contributed by atoms with Gasteiger partial charge in [-0.2, -0.15) is 0 Å². The van der Waals surface area contributed by atoms with Crippen LogP contribution >= 0.6 is 0 Å². The van der Waals surface area contributed by atoms with E-state index in [0.29, 0.717) is 0 Å². The molecule has 0 aromatic heterocycles. The molecule has 0 amide bonds. The average Bonchev–Trinajstić information content (AvgIpc) is 3.59. The molecule has 0 atom stereocenters. The standard InChI is InChI=1S/2C17H12N.2ClH.Zr/c2*1-10-7-8-12-11(2)16-13-5-3-4-6-15(13)18-17(16)14(12)9-10;;;/h2*3-4,6-9H,1-2H3;2*1H;/q2*-1;;;+4/p-2. The number of benzene rings is 4. The number of rotatable bonds is 0. The quantitative estimate of drug-likeness (QED) is 0.269. The van der Waals surface area contributed by atoms with Gasteiger partial charge < -0.3 is 34.8 Å². The van der Waals surface area contributed by atoms with Gasteiger partial charge in [0.15, 0.2) is 0 Å². The summed E-state index contributed by atoms with van der Waals surface area (Å²) < 4.78 is 0. The van der Waals surface area contributed by atoms with Gasteiger partial charge in [-0.25, -0.2) is 0 Å². The van der Waals surface area contributed by atoms with Crippen molar-refractivity contribution in [3.8, 4) is 0 Å². The maximum Gasteiger partial charge on any atom is 4.00 e. The predicted octanol–water partition coefficient (Wildman–Crippen LogP) is 2.35. The fourth-order valence-corrected chi connectivity index (χ4v) is 5.78. The molecule has 0 saturated heterocycles. The molecule has 0 bridgehead atoms. The molecule has 0 spiro atoms. The van der Waals surface area contributed by atoms with E-state index >= 15 is 0 Å². The van der Waals surface area contributed by atoms with Crippen molar-refractivity contribution in [2.75, 3.05) is 0 Å². The third-order valence-corrected chi connectivity index (χ3v) is 7.52. The first-order chi connectivity index (χ1) is 17.5. The molecule has 2 aliphatic heterocycles. The van der Waals surface area contributed by atoms with Gasteiger partial charge in [-0.15, -0.1) is 59.7 Å². The fourth-order valence-electron chi connectivity index (χ4n) is 5.78. The predicted molar refractivity (Wildman–Crippen MR) is 150 cm³/mol. The van der Waals surface area contributed by atoms with Crippen LogP contribution in [0.1, 0.15) is 58.4 Å². The summed E-state index contributed by atoms with van der Waals surface area (Å²) in [6.07, 6.45) is 0. The summed E-state index contributed by atoms with van der Waals surface area (Å²) in [5.74, 6) is 0. The third-order valence-electron chi connectivity index (χ3n) is 7.52. The molecular weight excluding hydrogens is 599 g/mol. The van der Waals surface area contributed by atoms with Crippen molar-refractivity contribution < 1.29 is 51.0 Å². The maximum atomic E-state index is 4.77. The normalized spacial score (nSPS) is 14.2. The second-order valence-electron chi connectivity index (χ2n) is 9.88. The summed E-state index contributed by atoms with van der Waals surface area (Å²) >= 11 is 0. The van der Waals surface area contributed by atoms with E-state index < -0.39 is 0 Å². The summed E-state index contributed by atoms with van der Waals surface area (Å²) in [4.78, 5) is 9.55. The van der Waals surface area contributed by atoms with Crippen molar-refractivity contribution in [1.29, 1.82) is 0 Å². The van der Waals surface area contributed by atoms with E-state index in [2.05, 4.69) is 88.4 Å². The molecule has 4 aliphatic rings. The molecule has 2 nitrogen and oxygen atoms in total. The van der Waals surface area contributed by atoms with Crippen LogP contribution in [0.5, 0.6) is 0 Å². The Morgan fingerprint density at radius 1 is 0.538 bits per heavy atom. The molecular formula is C34H24Cl2N2Zr. The number of aliphatic imine (C=N–C) groups is 2. The Labute approximate surface area is 261 Å². The van der Waals surface area contributed by atoms with Crippen molar-refractivity contribution in [2.24, 2.45) is 9.98 Å². The molecule has 2 heterocycles. The van der Waals surface area contributed by atoms with Gasteiger partial charge in [0.1, 0.15) is 0 Å². The van der Waals surface area contributed by atoms with E-state index in [-0.39, 0.29) is 51.0 Å². The summed E-state index contributed by atoms with van der Waals surface area (Å²) in [6.45, 7) is 8.62. The van der Waals surface area contributed by atoms with Crippen LogP contribution in [0.2, 0.25) is 0 Å². The first-order valence-corrected chi connectivity index (χ1v) is 12.4. The van der Waals surface area contributed by atoms with Gasteiger partial charge in [-0.05, 0) is 61.3 Å². The van der Waals surface area contributed by atoms with E-state index in [4.69, 9.17) is 9.98 Å². The van der Waals surface area contributed by atoms with E-state index in [1.807, 2.05) is 24.3 Å². The van der Waals surface area contributed by atoms with Gasteiger partial charge >= 0.3 is 26.2 Å². The van der Waals surface area contributed by atoms with E-state index in [1.54, 1.807) is 0 Å². The second-order valence-corrected chi connectivity index (χ2v) is 9.88. The summed E-state index contributed by atoms with van der Waals surface area (Å²) in [6, 6.07) is 31.9. The molecule has 4 aromatic rings. The minimum absolute atomic E-state index is 0. The molecule has 39 heavy (non-hydrogen) atoms. The molecule has 0 radical (unpaired) electrons. The summed E-state index contributed by atoms with van der Waals surface area (Å²) in [5, 5.41) is 0. The van der Waals surface area contributed by atoms with Crippen molar-refractivity contribution in [1.82, 2.24) is 0 Å². The van der Waals surface area contributed by atoms with Gasteiger partial charge in [0.25, 0.3) is 0 Å². The largest absolute Gasteiger partial charge is 4.00 e. The first kappa shape index (κ1) is 29.2. The minimum atomic E-state index is 0. The number of fused-ring (bicyclic) bond motifs is 10. The molecule has 4 aromatic carbocycles. The number of hydrogen-bond acceptors (Lipinski definition) is 2. The molecule has 0 saturated carbocycles. The van der Waals surface area contributed by atoms with Crippen LogP contribution in [0.4, 0.5) is 11.4 Å². The van der Waals surface area contributed by atoms with E-state index in [9.17, 15) is 0 Å². The molecule has 5 heteroatoms. The zero-order valence-corrected chi connectivity index (χ0v) is 26.0. The topological polar surface area (TPSA) is 24.7 Å². The van der Waals surface area contributed by atoms with Crippen LogP contribution in [0.3, 0.4) is 0 Å². The van der Waals surface area contributed by atoms with Crippen LogP contribution in [0.25, 0.3) is 22.3 Å². The Morgan fingerprint density at radius 3 is 1.36 bits per heavy atom. The molecule has 0 N–H and O–H groups in total. The first-order valence-electron chi connectivity index (χ1n) is 12.4. The van der Waals surface area contributed by atoms with E-state index in [0.717, 1.165) is 33.9 Å². The van der Waals surface area contributed by atoms with Gasteiger partial charge in [-0.3, -0.25) is 0 Å².